The average Bonchev–Trinajstić information content (AvgIpc) is 3.03. The van der Waals surface area contributed by atoms with Gasteiger partial charge in [-0.25, -0.2) is 0 Å². The predicted molar refractivity (Wildman–Crippen MR) is 102 cm³/mol. The van der Waals surface area contributed by atoms with E-state index in [0.717, 1.165) is 40.8 Å². The van der Waals surface area contributed by atoms with Gasteiger partial charge in [-0.1, -0.05) is 32.9 Å². The minimum absolute atomic E-state index is 0.0314. The minimum atomic E-state index is -0.148. The molecule has 1 amide bonds. The quantitative estimate of drug-likeness (QED) is 0.725. The van der Waals surface area contributed by atoms with Crippen molar-refractivity contribution in [2.75, 3.05) is 0 Å². The summed E-state index contributed by atoms with van der Waals surface area (Å²) in [6, 6.07) is 8.30. The van der Waals surface area contributed by atoms with Crippen LogP contribution in [-0.4, -0.2) is 16.0 Å². The molecule has 1 aliphatic rings. The van der Waals surface area contributed by atoms with E-state index in [4.69, 9.17) is 4.52 Å². The highest BCUT2D eigenvalue weighted by Gasteiger charge is 2.44. The highest BCUT2D eigenvalue weighted by molar-refractivity contribution is 5.88. The third-order valence-corrected chi connectivity index (χ3v) is 5.31. The molecule has 0 bridgehead atoms. The molecule has 5 heteroatoms. The van der Waals surface area contributed by atoms with Crippen molar-refractivity contribution < 1.29 is 9.32 Å². The minimum Gasteiger partial charge on any atom is -0.357 e. The van der Waals surface area contributed by atoms with Gasteiger partial charge in [-0.05, 0) is 42.0 Å². The van der Waals surface area contributed by atoms with Gasteiger partial charge in [-0.2, -0.15) is 0 Å². The number of benzene rings is 1. The number of aromatic amines is 1. The van der Waals surface area contributed by atoms with Gasteiger partial charge >= 0.3 is 0 Å². The van der Waals surface area contributed by atoms with E-state index in [1.54, 1.807) is 6.20 Å². The number of carbonyl (C=O) groups is 1. The molecular formula is C21H25N3O2. The molecule has 2 heterocycles. The third kappa shape index (κ3) is 3.02. The van der Waals surface area contributed by atoms with E-state index in [1.165, 1.54) is 5.56 Å². The molecule has 1 saturated carbocycles. The lowest BCUT2D eigenvalue weighted by molar-refractivity contribution is -0.125. The van der Waals surface area contributed by atoms with Gasteiger partial charge < -0.3 is 14.8 Å². The molecule has 1 aliphatic carbocycles. The van der Waals surface area contributed by atoms with Crippen LogP contribution in [0.25, 0.3) is 22.2 Å². The van der Waals surface area contributed by atoms with Gasteiger partial charge in [0.15, 0.2) is 5.76 Å². The normalized spacial score (nSPS) is 16.0. The Bertz CT molecular complexity index is 957. The summed E-state index contributed by atoms with van der Waals surface area (Å²) in [5, 5.41) is 8.01. The first-order valence-electron chi connectivity index (χ1n) is 9.12. The van der Waals surface area contributed by atoms with Crippen molar-refractivity contribution >= 4 is 16.8 Å². The van der Waals surface area contributed by atoms with Crippen LogP contribution in [0.4, 0.5) is 0 Å². The van der Waals surface area contributed by atoms with Gasteiger partial charge in [-0.15, -0.1) is 0 Å². The first kappa shape index (κ1) is 16.9. The van der Waals surface area contributed by atoms with E-state index in [2.05, 4.69) is 54.4 Å². The van der Waals surface area contributed by atoms with Gasteiger partial charge in [0.2, 0.25) is 5.91 Å². The first-order chi connectivity index (χ1) is 12.3. The maximum absolute atomic E-state index is 12.2. The Morgan fingerprint density at radius 1 is 1.31 bits per heavy atom. The maximum Gasteiger partial charge on any atom is 0.226 e. The molecule has 2 aromatic heterocycles. The summed E-state index contributed by atoms with van der Waals surface area (Å²) in [5.41, 5.74) is 4.15. The fourth-order valence-corrected chi connectivity index (χ4v) is 3.32. The number of nitrogens with one attached hydrogen (secondary N) is 2. The zero-order valence-corrected chi connectivity index (χ0v) is 15.8. The van der Waals surface area contributed by atoms with E-state index in [9.17, 15) is 4.79 Å². The lowest BCUT2D eigenvalue weighted by Crippen LogP contribution is -2.29. The molecule has 136 valence electrons. The zero-order valence-electron chi connectivity index (χ0n) is 15.8. The molecule has 4 rings (SSSR count). The van der Waals surface area contributed by atoms with Crippen LogP contribution in [0.5, 0.6) is 0 Å². The van der Waals surface area contributed by atoms with E-state index in [0.29, 0.717) is 6.54 Å². The zero-order chi connectivity index (χ0) is 18.5. The Balaban J connectivity index is 1.68. The summed E-state index contributed by atoms with van der Waals surface area (Å²) < 4.78 is 5.42. The Morgan fingerprint density at radius 2 is 2.08 bits per heavy atom. The van der Waals surface area contributed by atoms with Gasteiger partial charge in [0.25, 0.3) is 0 Å². The lowest BCUT2D eigenvalue weighted by Gasteiger charge is -2.22. The van der Waals surface area contributed by atoms with Gasteiger partial charge in [0.1, 0.15) is 0 Å². The number of aromatic nitrogens is 2. The second-order valence-electron chi connectivity index (χ2n) is 8.65. The van der Waals surface area contributed by atoms with Gasteiger partial charge in [0.05, 0.1) is 12.7 Å². The summed E-state index contributed by atoms with van der Waals surface area (Å²) in [5.74, 6) is 0.920. The molecule has 0 spiro atoms. The van der Waals surface area contributed by atoms with Crippen molar-refractivity contribution in [3.63, 3.8) is 0 Å². The Morgan fingerprint density at radius 3 is 2.69 bits per heavy atom. The summed E-state index contributed by atoms with van der Waals surface area (Å²) in [6.45, 7) is 9.11. The molecule has 26 heavy (non-hydrogen) atoms. The molecule has 0 unspecified atom stereocenters. The fraction of sp³-hybridized carbons (Fsp3) is 0.429. The topological polar surface area (TPSA) is 70.9 Å². The molecular weight excluding hydrogens is 326 g/mol. The number of carbonyl (C=O) groups excluding carboxylic acids is 1. The van der Waals surface area contributed by atoms with Crippen molar-refractivity contribution in [2.24, 2.45) is 5.41 Å². The highest BCUT2D eigenvalue weighted by atomic mass is 16.5. The molecule has 0 atom stereocenters. The number of hydrogen-bond acceptors (Lipinski definition) is 3. The Labute approximate surface area is 153 Å². The van der Waals surface area contributed by atoms with E-state index in [1.807, 2.05) is 13.0 Å². The maximum atomic E-state index is 12.2. The summed E-state index contributed by atoms with van der Waals surface area (Å²) in [6.07, 6.45) is 3.64. The Hall–Kier alpha value is -2.56. The molecule has 2 N–H and O–H groups in total. The predicted octanol–water partition coefficient (Wildman–Crippen LogP) is 4.54. The van der Waals surface area contributed by atoms with Crippen molar-refractivity contribution in [3.05, 3.63) is 41.7 Å². The van der Waals surface area contributed by atoms with Crippen LogP contribution < -0.4 is 5.32 Å². The summed E-state index contributed by atoms with van der Waals surface area (Å²) >= 11 is 0. The fourth-order valence-electron chi connectivity index (χ4n) is 3.32. The third-order valence-electron chi connectivity index (χ3n) is 5.31. The van der Waals surface area contributed by atoms with Gasteiger partial charge in [0, 0.05) is 33.6 Å². The van der Waals surface area contributed by atoms with Crippen molar-refractivity contribution in [1.29, 1.82) is 0 Å². The van der Waals surface area contributed by atoms with Crippen LogP contribution in [0.2, 0.25) is 0 Å². The van der Waals surface area contributed by atoms with Crippen LogP contribution >= 0.6 is 0 Å². The summed E-state index contributed by atoms with van der Waals surface area (Å²) in [7, 11) is 0. The SMILES string of the molecule is CC1(C(=O)NCc2cc3cc(-c4ccno4)c(C(C)(C)C)cc3[nH]2)CC1. The molecule has 0 aliphatic heterocycles. The number of H-pyrrole nitrogens is 1. The van der Waals surface area contributed by atoms with E-state index < -0.39 is 0 Å². The molecule has 0 saturated heterocycles. The summed E-state index contributed by atoms with van der Waals surface area (Å²) in [4.78, 5) is 15.6. The van der Waals surface area contributed by atoms with Crippen LogP contribution in [0.15, 0.2) is 35.0 Å². The first-order valence-corrected chi connectivity index (χ1v) is 9.12. The number of fused-ring (bicyclic) bond motifs is 1. The molecule has 3 aromatic rings. The van der Waals surface area contributed by atoms with Crippen molar-refractivity contribution in [3.8, 4) is 11.3 Å². The number of amides is 1. The van der Waals surface area contributed by atoms with Crippen LogP contribution in [-0.2, 0) is 16.8 Å². The monoisotopic (exact) mass is 351 g/mol. The van der Waals surface area contributed by atoms with E-state index >= 15 is 0 Å². The number of hydrogen-bond donors (Lipinski definition) is 2. The largest absolute Gasteiger partial charge is 0.357 e. The van der Waals surface area contributed by atoms with Crippen LogP contribution in [0.3, 0.4) is 0 Å². The van der Waals surface area contributed by atoms with Crippen molar-refractivity contribution in [2.45, 2.75) is 52.5 Å². The number of rotatable bonds is 4. The second kappa shape index (κ2) is 5.73. The second-order valence-corrected chi connectivity index (χ2v) is 8.65. The molecule has 1 fully saturated rings. The average molecular weight is 351 g/mol. The van der Waals surface area contributed by atoms with Crippen molar-refractivity contribution in [1.82, 2.24) is 15.5 Å². The molecule has 1 aromatic carbocycles. The number of nitrogens with zero attached hydrogens (tertiary/aromatic N) is 1. The Kier molecular flexibility index (Phi) is 3.72. The smallest absolute Gasteiger partial charge is 0.226 e. The van der Waals surface area contributed by atoms with E-state index in [-0.39, 0.29) is 16.7 Å². The van der Waals surface area contributed by atoms with Crippen LogP contribution in [0, 0.1) is 5.41 Å². The van der Waals surface area contributed by atoms with Crippen LogP contribution in [0.1, 0.15) is 51.8 Å². The molecule has 5 nitrogen and oxygen atoms in total. The lowest BCUT2D eigenvalue weighted by atomic mass is 9.82. The molecule has 0 radical (unpaired) electrons. The standard InChI is InChI=1S/C21H25N3O2/c1-20(2,3)16-11-17-13(10-15(16)18-5-8-23-26-18)9-14(24-17)12-22-19(25)21(4)6-7-21/h5,8-11,24H,6-7,12H2,1-4H3,(H,22,25). The van der Waals surface area contributed by atoms with Gasteiger partial charge in [-0.3, -0.25) is 4.79 Å². The highest BCUT2D eigenvalue weighted by Crippen LogP contribution is 2.45.